The number of aryl methyl sites for hydroxylation is 1. The molecule has 104 valence electrons. The largest absolute Gasteiger partial charge is 0.399 e. The van der Waals surface area contributed by atoms with Gasteiger partial charge in [0.1, 0.15) is 5.82 Å². The molecule has 0 saturated heterocycles. The second kappa shape index (κ2) is 5.61. The van der Waals surface area contributed by atoms with E-state index in [1.807, 2.05) is 43.1 Å². The molecule has 2 rings (SSSR count). The van der Waals surface area contributed by atoms with Crippen LogP contribution in [0.3, 0.4) is 0 Å². The van der Waals surface area contributed by atoms with Crippen LogP contribution >= 0.6 is 0 Å². The third-order valence-electron chi connectivity index (χ3n) is 3.04. The van der Waals surface area contributed by atoms with Crippen molar-refractivity contribution in [1.29, 1.82) is 0 Å². The monoisotopic (exact) mass is 270 g/mol. The van der Waals surface area contributed by atoms with Gasteiger partial charge in [-0.25, -0.2) is 4.98 Å². The molecule has 5 nitrogen and oxygen atoms in total. The number of rotatable bonds is 4. The van der Waals surface area contributed by atoms with Gasteiger partial charge < -0.3 is 16.4 Å². The Morgan fingerprint density at radius 2 is 1.85 bits per heavy atom. The first kappa shape index (κ1) is 13.9. The van der Waals surface area contributed by atoms with Gasteiger partial charge in [0.05, 0.1) is 5.56 Å². The lowest BCUT2D eigenvalue weighted by Crippen LogP contribution is -2.23. The lowest BCUT2D eigenvalue weighted by molar-refractivity contribution is 0.100. The maximum atomic E-state index is 11.5. The molecule has 4 N–H and O–H groups in total. The van der Waals surface area contributed by atoms with Crippen molar-refractivity contribution in [2.24, 2.45) is 5.73 Å². The summed E-state index contributed by atoms with van der Waals surface area (Å²) in [6.45, 7) is 2.50. The molecule has 20 heavy (non-hydrogen) atoms. The zero-order valence-electron chi connectivity index (χ0n) is 11.6. The highest BCUT2D eigenvalue weighted by Crippen LogP contribution is 2.19. The van der Waals surface area contributed by atoms with Crippen LogP contribution in [0, 0.1) is 6.92 Å². The summed E-state index contributed by atoms with van der Waals surface area (Å²) in [5.41, 5.74) is 14.1. The number of nitrogens with zero attached hydrogens (tertiary/aromatic N) is 2. The summed E-state index contributed by atoms with van der Waals surface area (Å²) >= 11 is 0. The van der Waals surface area contributed by atoms with Gasteiger partial charge in [-0.3, -0.25) is 4.79 Å². The van der Waals surface area contributed by atoms with Crippen LogP contribution in [0.15, 0.2) is 36.4 Å². The first-order valence-electron chi connectivity index (χ1n) is 6.30. The predicted molar refractivity (Wildman–Crippen MR) is 80.5 cm³/mol. The zero-order valence-corrected chi connectivity index (χ0v) is 11.6. The minimum absolute atomic E-state index is 0.425. The lowest BCUT2D eigenvalue weighted by Gasteiger charge is -2.21. The number of primary amides is 1. The van der Waals surface area contributed by atoms with Crippen molar-refractivity contribution in [3.05, 3.63) is 53.2 Å². The number of anilines is 2. The first-order chi connectivity index (χ1) is 9.47. The van der Waals surface area contributed by atoms with E-state index in [4.69, 9.17) is 11.5 Å². The number of amides is 1. The quantitative estimate of drug-likeness (QED) is 0.828. The van der Waals surface area contributed by atoms with Crippen molar-refractivity contribution < 1.29 is 4.79 Å². The Balaban J connectivity index is 2.28. The molecule has 5 heteroatoms. The second-order valence-corrected chi connectivity index (χ2v) is 4.79. The van der Waals surface area contributed by atoms with E-state index in [1.54, 1.807) is 12.1 Å². The molecule has 1 amide bonds. The molecular formula is C15H18N4O. The van der Waals surface area contributed by atoms with Gasteiger partial charge in [-0.1, -0.05) is 12.1 Å². The Kier molecular flexibility index (Phi) is 3.89. The van der Waals surface area contributed by atoms with Crippen LogP contribution in [0.4, 0.5) is 11.5 Å². The van der Waals surface area contributed by atoms with Crippen molar-refractivity contribution in [3.63, 3.8) is 0 Å². The summed E-state index contributed by atoms with van der Waals surface area (Å²) in [6.07, 6.45) is 0. The summed E-state index contributed by atoms with van der Waals surface area (Å²) in [7, 11) is 1.88. The molecule has 0 aliphatic rings. The molecule has 0 saturated carbocycles. The van der Waals surface area contributed by atoms with Gasteiger partial charge in [-0.2, -0.15) is 0 Å². The Morgan fingerprint density at radius 1 is 1.20 bits per heavy atom. The van der Waals surface area contributed by atoms with E-state index in [9.17, 15) is 4.79 Å². The standard InChI is InChI=1S/C15H18N4O/c1-10-3-8-13(14(17)20)15(18-10)19(2)9-11-4-6-12(16)7-5-11/h3-8H,9,16H2,1-2H3,(H2,17,20). The van der Waals surface area contributed by atoms with Crippen LogP contribution in [0.1, 0.15) is 21.6 Å². The van der Waals surface area contributed by atoms with Gasteiger partial charge in [0.15, 0.2) is 0 Å². The van der Waals surface area contributed by atoms with E-state index < -0.39 is 5.91 Å². The van der Waals surface area contributed by atoms with Crippen LogP contribution in [0.25, 0.3) is 0 Å². The van der Waals surface area contributed by atoms with E-state index in [0.29, 0.717) is 17.9 Å². The fourth-order valence-corrected chi connectivity index (χ4v) is 2.00. The van der Waals surface area contributed by atoms with Crippen molar-refractivity contribution in [1.82, 2.24) is 4.98 Å². The Labute approximate surface area is 118 Å². The molecule has 1 heterocycles. The van der Waals surface area contributed by atoms with E-state index in [1.165, 1.54) is 0 Å². The van der Waals surface area contributed by atoms with E-state index in [0.717, 1.165) is 16.9 Å². The van der Waals surface area contributed by atoms with Crippen LogP contribution < -0.4 is 16.4 Å². The van der Waals surface area contributed by atoms with Crippen molar-refractivity contribution in [2.45, 2.75) is 13.5 Å². The number of carbonyl (C=O) groups is 1. The highest BCUT2D eigenvalue weighted by Gasteiger charge is 2.14. The molecule has 1 aromatic carbocycles. The fourth-order valence-electron chi connectivity index (χ4n) is 2.00. The van der Waals surface area contributed by atoms with Crippen molar-refractivity contribution in [2.75, 3.05) is 17.7 Å². The number of nitrogen functional groups attached to an aromatic ring is 1. The molecule has 2 aromatic rings. The van der Waals surface area contributed by atoms with Crippen LogP contribution in [0.5, 0.6) is 0 Å². The summed E-state index contributed by atoms with van der Waals surface area (Å²) in [5.74, 6) is 0.117. The molecule has 1 aromatic heterocycles. The Morgan fingerprint density at radius 3 is 2.45 bits per heavy atom. The van der Waals surface area contributed by atoms with Gasteiger partial charge in [0.25, 0.3) is 5.91 Å². The molecule has 0 spiro atoms. The lowest BCUT2D eigenvalue weighted by atomic mass is 10.1. The SMILES string of the molecule is Cc1ccc(C(N)=O)c(N(C)Cc2ccc(N)cc2)n1. The normalized spacial score (nSPS) is 10.3. The molecular weight excluding hydrogens is 252 g/mol. The topological polar surface area (TPSA) is 85.2 Å². The molecule has 0 atom stereocenters. The summed E-state index contributed by atoms with van der Waals surface area (Å²) in [6, 6.07) is 11.1. The number of pyridine rings is 1. The molecule has 0 bridgehead atoms. The summed E-state index contributed by atoms with van der Waals surface area (Å²) in [4.78, 5) is 17.8. The highest BCUT2D eigenvalue weighted by molar-refractivity contribution is 5.97. The Hall–Kier alpha value is -2.56. The number of hydrogen-bond donors (Lipinski definition) is 2. The Bertz CT molecular complexity index is 622. The minimum atomic E-state index is -0.475. The molecule has 0 aliphatic carbocycles. The maximum Gasteiger partial charge on any atom is 0.252 e. The number of hydrogen-bond acceptors (Lipinski definition) is 4. The summed E-state index contributed by atoms with van der Waals surface area (Å²) in [5, 5.41) is 0. The third kappa shape index (κ3) is 3.06. The van der Waals surface area contributed by atoms with E-state index >= 15 is 0 Å². The number of carbonyl (C=O) groups excluding carboxylic acids is 1. The van der Waals surface area contributed by atoms with Crippen LogP contribution in [-0.2, 0) is 6.54 Å². The predicted octanol–water partition coefficient (Wildman–Crippen LogP) is 1.71. The van der Waals surface area contributed by atoms with Gasteiger partial charge in [0, 0.05) is 25.0 Å². The third-order valence-corrected chi connectivity index (χ3v) is 3.04. The molecule has 0 aliphatic heterocycles. The maximum absolute atomic E-state index is 11.5. The molecule has 0 radical (unpaired) electrons. The van der Waals surface area contributed by atoms with E-state index in [-0.39, 0.29) is 0 Å². The molecule has 0 fully saturated rings. The fraction of sp³-hybridized carbons (Fsp3) is 0.200. The van der Waals surface area contributed by atoms with Crippen LogP contribution in [0.2, 0.25) is 0 Å². The number of nitrogens with two attached hydrogens (primary N) is 2. The first-order valence-corrected chi connectivity index (χ1v) is 6.30. The second-order valence-electron chi connectivity index (χ2n) is 4.79. The van der Waals surface area contributed by atoms with Crippen molar-refractivity contribution in [3.8, 4) is 0 Å². The van der Waals surface area contributed by atoms with Gasteiger partial charge >= 0.3 is 0 Å². The van der Waals surface area contributed by atoms with E-state index in [2.05, 4.69) is 4.98 Å². The number of aromatic nitrogens is 1. The van der Waals surface area contributed by atoms with Crippen LogP contribution in [-0.4, -0.2) is 17.9 Å². The average molecular weight is 270 g/mol. The zero-order chi connectivity index (χ0) is 14.7. The summed E-state index contributed by atoms with van der Waals surface area (Å²) < 4.78 is 0. The number of benzene rings is 1. The molecule has 0 unspecified atom stereocenters. The highest BCUT2D eigenvalue weighted by atomic mass is 16.1. The van der Waals surface area contributed by atoms with Crippen molar-refractivity contribution >= 4 is 17.4 Å². The minimum Gasteiger partial charge on any atom is -0.399 e. The average Bonchev–Trinajstić information content (AvgIpc) is 2.41. The smallest absolute Gasteiger partial charge is 0.252 e. The van der Waals surface area contributed by atoms with Gasteiger partial charge in [-0.05, 0) is 36.8 Å². The van der Waals surface area contributed by atoms with Gasteiger partial charge in [-0.15, -0.1) is 0 Å². The van der Waals surface area contributed by atoms with Gasteiger partial charge in [0.2, 0.25) is 0 Å².